The molecule has 2 amide bonds. The van der Waals surface area contributed by atoms with Crippen LogP contribution >= 0.6 is 0 Å². The summed E-state index contributed by atoms with van der Waals surface area (Å²) in [6, 6.07) is 12.6. The number of esters is 1. The highest BCUT2D eigenvalue weighted by atomic mass is 32.2. The lowest BCUT2D eigenvalue weighted by Gasteiger charge is -2.24. The van der Waals surface area contributed by atoms with E-state index in [2.05, 4.69) is 10.6 Å². The molecule has 204 valence electrons. The van der Waals surface area contributed by atoms with Gasteiger partial charge in [-0.15, -0.1) is 0 Å². The number of nitrogens with one attached hydrogen (secondary N) is 2. The summed E-state index contributed by atoms with van der Waals surface area (Å²) in [5.41, 5.74) is 6.15. The second-order valence-corrected chi connectivity index (χ2v) is 11.3. The third kappa shape index (κ3) is 7.96. The molecular weight excluding hydrogens is 510 g/mol. The van der Waals surface area contributed by atoms with Gasteiger partial charge in [-0.25, -0.2) is 8.42 Å². The van der Waals surface area contributed by atoms with Crippen molar-refractivity contribution in [1.82, 2.24) is 10.6 Å². The summed E-state index contributed by atoms with van der Waals surface area (Å²) in [4.78, 5) is 51.0. The Morgan fingerprint density at radius 1 is 1.03 bits per heavy atom. The Balaban J connectivity index is 1.62. The first-order valence-corrected chi connectivity index (χ1v) is 14.4. The van der Waals surface area contributed by atoms with Crippen molar-refractivity contribution in [2.75, 3.05) is 19.4 Å². The van der Waals surface area contributed by atoms with Crippen LogP contribution in [0.1, 0.15) is 52.8 Å². The van der Waals surface area contributed by atoms with Crippen LogP contribution in [-0.4, -0.2) is 63.5 Å². The van der Waals surface area contributed by atoms with Gasteiger partial charge in [-0.2, -0.15) is 0 Å². The highest BCUT2D eigenvalue weighted by Gasteiger charge is 2.37. The fourth-order valence-corrected chi connectivity index (χ4v) is 5.02. The largest absolute Gasteiger partial charge is 0.457 e. The van der Waals surface area contributed by atoms with Gasteiger partial charge in [-0.1, -0.05) is 42.8 Å². The minimum Gasteiger partial charge on any atom is -0.457 e. The van der Waals surface area contributed by atoms with E-state index in [1.807, 2.05) is 0 Å². The fraction of sp³-hybridized carbons (Fsp3) is 0.407. The van der Waals surface area contributed by atoms with Crippen LogP contribution in [0.15, 0.2) is 59.5 Å². The number of amides is 2. The van der Waals surface area contributed by atoms with Crippen LogP contribution in [0.5, 0.6) is 0 Å². The van der Waals surface area contributed by atoms with Gasteiger partial charge in [0.25, 0.3) is 5.91 Å². The monoisotopic (exact) mass is 543 g/mol. The van der Waals surface area contributed by atoms with Crippen LogP contribution in [0.25, 0.3) is 0 Å². The lowest BCUT2D eigenvalue weighted by molar-refractivity contribution is -0.148. The number of ether oxygens (including phenoxy) is 1. The van der Waals surface area contributed by atoms with E-state index in [1.54, 1.807) is 30.3 Å². The van der Waals surface area contributed by atoms with E-state index in [0.717, 1.165) is 6.26 Å². The molecule has 3 rings (SSSR count). The molecule has 3 atom stereocenters. The Morgan fingerprint density at radius 3 is 2.42 bits per heavy atom. The summed E-state index contributed by atoms with van der Waals surface area (Å²) in [6.45, 7) is -0.0845. The SMILES string of the molecule is CS(=O)(=O)c1cccc(C(=O)N[C@@H](CCCN)C(=O)N[C@H]2CCC[C@H]2C(=O)OCC(=O)c2ccccc2)c1. The normalized spacial score (nSPS) is 17.8. The lowest BCUT2D eigenvalue weighted by atomic mass is 10.0. The molecule has 0 aliphatic heterocycles. The van der Waals surface area contributed by atoms with E-state index in [-0.39, 0.29) is 29.3 Å². The number of carbonyl (C=O) groups is 4. The summed E-state index contributed by atoms with van der Waals surface area (Å²) in [5.74, 6) is -2.57. The number of hydrogen-bond acceptors (Lipinski definition) is 8. The second-order valence-electron chi connectivity index (χ2n) is 9.31. The molecule has 1 aliphatic carbocycles. The topological polar surface area (TPSA) is 162 Å². The van der Waals surface area contributed by atoms with Crippen molar-refractivity contribution in [1.29, 1.82) is 0 Å². The smallest absolute Gasteiger partial charge is 0.311 e. The summed E-state index contributed by atoms with van der Waals surface area (Å²) >= 11 is 0. The highest BCUT2D eigenvalue weighted by Crippen LogP contribution is 2.27. The van der Waals surface area contributed by atoms with E-state index >= 15 is 0 Å². The standard InChI is InChI=1S/C27H33N3O7S/c1-38(35,36)20-11-5-10-19(16-20)25(32)30-23(14-7-15-28)26(33)29-22-13-6-12-21(22)27(34)37-17-24(31)18-8-3-2-4-9-18/h2-5,8-11,16,21-23H,6-7,12-15,17,28H2,1H3,(H,29,33)(H,30,32)/t21-,22+,23+/m1/s1. The minimum absolute atomic E-state index is 0.00818. The molecule has 0 spiro atoms. The molecule has 0 aromatic heterocycles. The van der Waals surface area contributed by atoms with Crippen molar-refractivity contribution in [2.45, 2.75) is 49.1 Å². The number of Topliss-reactive ketones (excluding diaryl/α,β-unsaturated/α-hetero) is 1. The molecule has 38 heavy (non-hydrogen) atoms. The van der Waals surface area contributed by atoms with Crippen molar-refractivity contribution < 1.29 is 32.3 Å². The first kappa shape index (κ1) is 29.0. The van der Waals surface area contributed by atoms with Gasteiger partial charge in [-0.05, 0) is 50.4 Å². The predicted octanol–water partition coefficient (Wildman–Crippen LogP) is 1.64. The van der Waals surface area contributed by atoms with Crippen LogP contribution < -0.4 is 16.4 Å². The second kappa shape index (κ2) is 13.3. The van der Waals surface area contributed by atoms with E-state index in [1.165, 1.54) is 24.3 Å². The summed E-state index contributed by atoms with van der Waals surface area (Å²) in [5, 5.41) is 5.52. The van der Waals surface area contributed by atoms with E-state index in [0.29, 0.717) is 37.8 Å². The molecule has 1 aliphatic rings. The van der Waals surface area contributed by atoms with Crippen LogP contribution in [0, 0.1) is 5.92 Å². The van der Waals surface area contributed by atoms with Crippen LogP contribution in [0.2, 0.25) is 0 Å². The number of benzene rings is 2. The quantitative estimate of drug-likeness (QED) is 0.269. The van der Waals surface area contributed by atoms with Crippen molar-refractivity contribution in [3.8, 4) is 0 Å². The molecule has 0 radical (unpaired) electrons. The maximum absolute atomic E-state index is 13.1. The molecule has 4 N–H and O–H groups in total. The number of rotatable bonds is 12. The Labute approximate surface area is 222 Å². The van der Waals surface area contributed by atoms with Gasteiger partial charge in [-0.3, -0.25) is 19.2 Å². The summed E-state index contributed by atoms with van der Waals surface area (Å²) in [6.07, 6.45) is 3.50. The summed E-state index contributed by atoms with van der Waals surface area (Å²) < 4.78 is 29.0. The third-order valence-corrected chi connectivity index (χ3v) is 7.54. The molecule has 11 heteroatoms. The van der Waals surface area contributed by atoms with Crippen LogP contribution in [-0.2, 0) is 24.2 Å². The average Bonchev–Trinajstić information content (AvgIpc) is 3.37. The molecular formula is C27H33N3O7S. The highest BCUT2D eigenvalue weighted by molar-refractivity contribution is 7.90. The van der Waals surface area contributed by atoms with Crippen molar-refractivity contribution in [3.05, 3.63) is 65.7 Å². The molecule has 2 aromatic rings. The molecule has 0 saturated heterocycles. The number of ketones is 1. The van der Waals surface area contributed by atoms with Gasteiger partial charge >= 0.3 is 5.97 Å². The van der Waals surface area contributed by atoms with Gasteiger partial charge in [0.2, 0.25) is 5.91 Å². The van der Waals surface area contributed by atoms with Gasteiger partial charge < -0.3 is 21.1 Å². The fourth-order valence-electron chi connectivity index (χ4n) is 4.35. The van der Waals surface area contributed by atoms with E-state index in [4.69, 9.17) is 10.5 Å². The maximum Gasteiger partial charge on any atom is 0.311 e. The van der Waals surface area contributed by atoms with Gasteiger partial charge in [0, 0.05) is 23.4 Å². The molecule has 10 nitrogen and oxygen atoms in total. The first-order valence-electron chi connectivity index (χ1n) is 12.5. The Hall–Kier alpha value is -3.57. The number of carbonyl (C=O) groups excluding carboxylic acids is 4. The minimum atomic E-state index is -3.51. The molecule has 0 unspecified atom stereocenters. The molecule has 2 aromatic carbocycles. The zero-order valence-electron chi connectivity index (χ0n) is 21.2. The number of hydrogen-bond donors (Lipinski definition) is 3. The molecule has 1 saturated carbocycles. The van der Waals surface area contributed by atoms with Gasteiger partial charge in [0.1, 0.15) is 6.04 Å². The Bertz CT molecular complexity index is 1260. The van der Waals surface area contributed by atoms with Crippen LogP contribution in [0.4, 0.5) is 0 Å². The lowest BCUT2D eigenvalue weighted by Crippen LogP contribution is -2.51. The average molecular weight is 544 g/mol. The predicted molar refractivity (Wildman–Crippen MR) is 140 cm³/mol. The number of sulfone groups is 1. The maximum atomic E-state index is 13.1. The third-order valence-electron chi connectivity index (χ3n) is 6.43. The summed E-state index contributed by atoms with van der Waals surface area (Å²) in [7, 11) is -3.51. The first-order chi connectivity index (χ1) is 18.1. The zero-order chi connectivity index (χ0) is 27.7. The van der Waals surface area contributed by atoms with Crippen molar-refractivity contribution in [2.24, 2.45) is 11.7 Å². The van der Waals surface area contributed by atoms with E-state index < -0.39 is 45.6 Å². The number of nitrogens with two attached hydrogens (primary N) is 1. The van der Waals surface area contributed by atoms with Crippen molar-refractivity contribution >= 4 is 33.4 Å². The molecule has 0 heterocycles. The van der Waals surface area contributed by atoms with Gasteiger partial charge in [0.05, 0.1) is 10.8 Å². The molecule has 0 bridgehead atoms. The Morgan fingerprint density at radius 2 is 1.74 bits per heavy atom. The zero-order valence-corrected chi connectivity index (χ0v) is 22.0. The Kier molecular flexibility index (Phi) is 10.1. The van der Waals surface area contributed by atoms with Crippen molar-refractivity contribution in [3.63, 3.8) is 0 Å². The molecule has 1 fully saturated rings. The van der Waals surface area contributed by atoms with E-state index in [9.17, 15) is 27.6 Å². The van der Waals surface area contributed by atoms with Gasteiger partial charge in [0.15, 0.2) is 22.2 Å². The van der Waals surface area contributed by atoms with Crippen LogP contribution in [0.3, 0.4) is 0 Å².